The molecule has 0 aliphatic heterocycles. The Morgan fingerprint density at radius 1 is 1.32 bits per heavy atom. The van der Waals surface area contributed by atoms with Crippen molar-refractivity contribution in [3.8, 4) is 5.75 Å². The summed E-state index contributed by atoms with van der Waals surface area (Å²) in [5.41, 5.74) is 1.20. The summed E-state index contributed by atoms with van der Waals surface area (Å²) in [4.78, 5) is 4.19. The van der Waals surface area contributed by atoms with E-state index in [1.165, 1.54) is 5.56 Å². The molecule has 3 nitrogen and oxygen atoms in total. The van der Waals surface area contributed by atoms with Crippen LogP contribution in [0.5, 0.6) is 5.75 Å². The number of aliphatic imine (C=N–C) groups is 1. The highest BCUT2D eigenvalue weighted by Gasteiger charge is 2.07. The van der Waals surface area contributed by atoms with Crippen molar-refractivity contribution >= 4 is 28.2 Å². The zero-order chi connectivity index (χ0) is 13.8. The molecule has 0 aliphatic carbocycles. The predicted octanol–water partition coefficient (Wildman–Crippen LogP) is 3.29. The summed E-state index contributed by atoms with van der Waals surface area (Å²) in [7, 11) is 5.29. The van der Waals surface area contributed by atoms with Gasteiger partial charge in [-0.05, 0) is 17.0 Å². The van der Waals surface area contributed by atoms with Crippen LogP contribution in [-0.4, -0.2) is 27.0 Å². The van der Waals surface area contributed by atoms with Crippen LogP contribution in [0, 0.1) is 0 Å². The Morgan fingerprint density at radius 2 is 2.11 bits per heavy atom. The van der Waals surface area contributed by atoms with Gasteiger partial charge in [0.1, 0.15) is 11.6 Å². The van der Waals surface area contributed by atoms with Gasteiger partial charge < -0.3 is 10.1 Å². The summed E-state index contributed by atoms with van der Waals surface area (Å²) < 4.78 is 5.22. The average Bonchev–Trinajstić information content (AvgIpc) is 2.45. The second kappa shape index (κ2) is 5.93. The van der Waals surface area contributed by atoms with Crippen LogP contribution < -0.4 is 10.1 Å². The lowest BCUT2D eigenvalue weighted by atomic mass is 10.0. The van der Waals surface area contributed by atoms with Crippen LogP contribution in [0.15, 0.2) is 35.3 Å². The molecule has 0 aliphatic rings. The fourth-order valence-corrected chi connectivity index (χ4v) is 2.37. The summed E-state index contributed by atoms with van der Waals surface area (Å²) in [6, 6.07) is 10.1. The number of ether oxygens (including phenoxy) is 1. The van der Waals surface area contributed by atoms with Gasteiger partial charge in [-0.25, -0.2) is 0 Å². The smallest absolute Gasteiger partial charge is 0.138 e. The van der Waals surface area contributed by atoms with Crippen LogP contribution in [-0.2, 0) is 6.42 Å². The molecule has 0 atom stereocenters. The van der Waals surface area contributed by atoms with E-state index in [9.17, 15) is 0 Å². The number of hydrogen-bond acceptors (Lipinski definition) is 2. The number of methoxy groups -OCH3 is 1. The number of amidine groups is 1. The maximum absolute atomic E-state index is 6.29. The monoisotopic (exact) mass is 276 g/mol. The van der Waals surface area contributed by atoms with E-state index in [0.717, 1.165) is 23.0 Å². The van der Waals surface area contributed by atoms with Gasteiger partial charge in [-0.1, -0.05) is 35.9 Å². The maximum Gasteiger partial charge on any atom is 0.138 e. The summed E-state index contributed by atoms with van der Waals surface area (Å²) in [5, 5.41) is 5.85. The highest BCUT2D eigenvalue weighted by Crippen LogP contribution is 2.32. The molecule has 0 fully saturated rings. The number of fused-ring (bicyclic) bond motifs is 1. The molecule has 0 radical (unpaired) electrons. The lowest BCUT2D eigenvalue weighted by molar-refractivity contribution is 0.415. The second-order valence-corrected chi connectivity index (χ2v) is 4.61. The van der Waals surface area contributed by atoms with E-state index in [-0.39, 0.29) is 0 Å². The molecule has 19 heavy (non-hydrogen) atoms. The quantitative estimate of drug-likeness (QED) is 0.689. The predicted molar refractivity (Wildman–Crippen MR) is 81.6 cm³/mol. The van der Waals surface area contributed by atoms with Crippen molar-refractivity contribution in [2.75, 3.05) is 21.2 Å². The van der Waals surface area contributed by atoms with E-state index < -0.39 is 0 Å². The number of rotatable bonds is 3. The Balaban J connectivity index is 2.42. The van der Waals surface area contributed by atoms with Gasteiger partial charge in [-0.15, -0.1) is 0 Å². The SMILES string of the molecule is CN=C(Cc1ccc2c(Cl)c(OC)ccc2c1)NC. The van der Waals surface area contributed by atoms with E-state index in [1.54, 1.807) is 14.2 Å². The lowest BCUT2D eigenvalue weighted by Gasteiger charge is -2.09. The van der Waals surface area contributed by atoms with Crippen LogP contribution >= 0.6 is 11.6 Å². The molecule has 100 valence electrons. The van der Waals surface area contributed by atoms with Crippen molar-refractivity contribution in [2.45, 2.75) is 6.42 Å². The molecule has 0 saturated carbocycles. The Hall–Kier alpha value is -1.74. The third-order valence-corrected chi connectivity index (χ3v) is 3.52. The van der Waals surface area contributed by atoms with Gasteiger partial charge in [0.2, 0.25) is 0 Å². The third-order valence-electron chi connectivity index (χ3n) is 3.13. The minimum Gasteiger partial charge on any atom is -0.495 e. The first-order valence-corrected chi connectivity index (χ1v) is 6.46. The highest BCUT2D eigenvalue weighted by molar-refractivity contribution is 6.37. The van der Waals surface area contributed by atoms with Crippen LogP contribution in [0.25, 0.3) is 10.8 Å². The van der Waals surface area contributed by atoms with Gasteiger partial charge in [0, 0.05) is 25.9 Å². The van der Waals surface area contributed by atoms with Crippen molar-refractivity contribution in [1.82, 2.24) is 5.32 Å². The summed E-state index contributed by atoms with van der Waals surface area (Å²) in [6.45, 7) is 0. The van der Waals surface area contributed by atoms with E-state index >= 15 is 0 Å². The molecule has 2 aromatic rings. The van der Waals surface area contributed by atoms with Crippen molar-refractivity contribution in [1.29, 1.82) is 0 Å². The first kappa shape index (κ1) is 13.7. The minimum atomic E-state index is 0.657. The number of likely N-dealkylation sites (N-methyl/N-ethyl adjacent to an activating group) is 1. The molecule has 2 aromatic carbocycles. The molecule has 0 amide bonds. The zero-order valence-corrected chi connectivity index (χ0v) is 12.1. The molecule has 0 spiro atoms. The van der Waals surface area contributed by atoms with Crippen molar-refractivity contribution < 1.29 is 4.74 Å². The topological polar surface area (TPSA) is 33.6 Å². The largest absolute Gasteiger partial charge is 0.495 e. The minimum absolute atomic E-state index is 0.657. The Morgan fingerprint density at radius 3 is 2.74 bits per heavy atom. The molecule has 4 heteroatoms. The standard InChI is InChI=1S/C15H17ClN2O/c1-17-14(18-2)9-10-4-6-12-11(8-10)5-7-13(19-3)15(12)16/h4-8H,9H2,1-3H3,(H,17,18). The van der Waals surface area contributed by atoms with Crippen molar-refractivity contribution in [2.24, 2.45) is 4.99 Å². The Labute approximate surface area is 118 Å². The molecule has 0 heterocycles. The number of nitrogens with one attached hydrogen (secondary N) is 1. The summed E-state index contributed by atoms with van der Waals surface area (Å²) >= 11 is 6.29. The van der Waals surface area contributed by atoms with E-state index in [2.05, 4.69) is 22.4 Å². The lowest BCUT2D eigenvalue weighted by Crippen LogP contribution is -2.20. The molecular weight excluding hydrogens is 260 g/mol. The Kier molecular flexibility index (Phi) is 4.27. The van der Waals surface area contributed by atoms with Gasteiger partial charge in [-0.3, -0.25) is 4.99 Å². The number of benzene rings is 2. The van der Waals surface area contributed by atoms with Gasteiger partial charge in [-0.2, -0.15) is 0 Å². The molecule has 1 N–H and O–H groups in total. The fraction of sp³-hybridized carbons (Fsp3) is 0.267. The van der Waals surface area contributed by atoms with Crippen LogP contribution in [0.1, 0.15) is 5.56 Å². The van der Waals surface area contributed by atoms with Crippen LogP contribution in [0.2, 0.25) is 5.02 Å². The first-order chi connectivity index (χ1) is 9.19. The maximum atomic E-state index is 6.29. The van der Waals surface area contributed by atoms with Gasteiger partial charge in [0.15, 0.2) is 0 Å². The van der Waals surface area contributed by atoms with E-state index in [4.69, 9.17) is 16.3 Å². The fourth-order valence-electron chi connectivity index (χ4n) is 2.06. The molecule has 0 saturated heterocycles. The molecule has 0 bridgehead atoms. The summed E-state index contributed by atoms with van der Waals surface area (Å²) in [6.07, 6.45) is 0.784. The van der Waals surface area contributed by atoms with Crippen LogP contribution in [0.3, 0.4) is 0 Å². The van der Waals surface area contributed by atoms with Gasteiger partial charge in [0.05, 0.1) is 12.1 Å². The molecule has 2 rings (SSSR count). The van der Waals surface area contributed by atoms with Crippen molar-refractivity contribution in [3.63, 3.8) is 0 Å². The zero-order valence-electron chi connectivity index (χ0n) is 11.3. The average molecular weight is 277 g/mol. The van der Waals surface area contributed by atoms with Crippen molar-refractivity contribution in [3.05, 3.63) is 40.9 Å². The molecule has 0 unspecified atom stereocenters. The van der Waals surface area contributed by atoms with Crippen LogP contribution in [0.4, 0.5) is 0 Å². The van der Waals surface area contributed by atoms with Gasteiger partial charge in [0.25, 0.3) is 0 Å². The summed E-state index contributed by atoms with van der Waals surface area (Å²) in [5.74, 6) is 1.66. The third kappa shape index (κ3) is 2.82. The second-order valence-electron chi connectivity index (χ2n) is 4.23. The normalized spacial score (nSPS) is 11.7. The number of nitrogens with zero attached hydrogens (tertiary/aromatic N) is 1. The first-order valence-electron chi connectivity index (χ1n) is 6.08. The Bertz CT molecular complexity index is 623. The number of hydrogen-bond donors (Lipinski definition) is 1. The van der Waals surface area contributed by atoms with E-state index in [1.807, 2.05) is 25.2 Å². The number of halogens is 1. The highest BCUT2D eigenvalue weighted by atomic mass is 35.5. The van der Waals surface area contributed by atoms with E-state index in [0.29, 0.717) is 10.8 Å². The molecular formula is C15H17ClN2O. The molecule has 0 aromatic heterocycles. The van der Waals surface area contributed by atoms with Gasteiger partial charge >= 0.3 is 0 Å².